The average molecular weight is 477 g/mol. The van der Waals surface area contributed by atoms with E-state index in [0.29, 0.717) is 24.8 Å². The highest BCUT2D eigenvalue weighted by atomic mass is 35.5. The molecule has 1 fully saturated rings. The lowest BCUT2D eigenvalue weighted by molar-refractivity contribution is -0.123. The van der Waals surface area contributed by atoms with E-state index in [9.17, 15) is 9.59 Å². The molecule has 0 saturated heterocycles. The molecule has 2 N–H and O–H groups in total. The van der Waals surface area contributed by atoms with E-state index in [4.69, 9.17) is 51.1 Å². The zero-order valence-electron chi connectivity index (χ0n) is 15.1. The first kappa shape index (κ1) is 22.0. The van der Waals surface area contributed by atoms with E-state index in [0.717, 1.165) is 18.4 Å². The summed E-state index contributed by atoms with van der Waals surface area (Å²) in [4.78, 5) is 27.8. The van der Waals surface area contributed by atoms with Crippen LogP contribution < -0.4 is 15.4 Å². The molecule has 0 aliphatic heterocycles. The van der Waals surface area contributed by atoms with Gasteiger partial charge in [0.1, 0.15) is 16.6 Å². The first-order valence-electron chi connectivity index (χ1n) is 8.84. The van der Waals surface area contributed by atoms with E-state index in [1.54, 1.807) is 12.1 Å². The first-order valence-corrected chi connectivity index (χ1v) is 10.4. The number of halogens is 4. The van der Waals surface area contributed by atoms with Gasteiger partial charge in [0.15, 0.2) is 6.61 Å². The van der Waals surface area contributed by atoms with Gasteiger partial charge in [-0.15, -0.1) is 0 Å². The number of hydrogen-bond donors (Lipinski definition) is 2. The van der Waals surface area contributed by atoms with Crippen LogP contribution >= 0.6 is 46.4 Å². The molecule has 154 valence electrons. The van der Waals surface area contributed by atoms with Gasteiger partial charge in [0.05, 0.1) is 15.1 Å². The third-order valence-corrected chi connectivity index (χ3v) is 5.81. The van der Waals surface area contributed by atoms with Crippen LogP contribution in [0.15, 0.2) is 24.3 Å². The molecule has 0 atom stereocenters. The highest BCUT2D eigenvalue weighted by Gasteiger charge is 2.23. The predicted octanol–water partition coefficient (Wildman–Crippen LogP) is 4.33. The van der Waals surface area contributed by atoms with E-state index < -0.39 is 5.91 Å². The minimum absolute atomic E-state index is 0.00205. The first-order chi connectivity index (χ1) is 13.8. The Balaban J connectivity index is 1.46. The number of carbonyl (C=O) groups is 2. The summed E-state index contributed by atoms with van der Waals surface area (Å²) in [7, 11) is 0. The molecule has 1 saturated carbocycles. The minimum Gasteiger partial charge on any atom is -0.484 e. The molecule has 1 aromatic heterocycles. The number of nitrogens with one attached hydrogen (secondary N) is 2. The van der Waals surface area contributed by atoms with E-state index >= 15 is 0 Å². The van der Waals surface area contributed by atoms with E-state index in [1.165, 1.54) is 0 Å². The molecule has 0 bridgehead atoms. The lowest BCUT2D eigenvalue weighted by Crippen LogP contribution is -2.30. The van der Waals surface area contributed by atoms with Gasteiger partial charge in [0, 0.05) is 12.6 Å². The fourth-order valence-corrected chi connectivity index (χ4v) is 3.25. The van der Waals surface area contributed by atoms with Crippen molar-refractivity contribution >= 4 is 58.2 Å². The summed E-state index contributed by atoms with van der Waals surface area (Å²) in [6.45, 7) is 0.338. The molecular weight excluding hydrogens is 460 g/mol. The third kappa shape index (κ3) is 6.12. The maximum atomic E-state index is 12.3. The predicted molar refractivity (Wildman–Crippen MR) is 113 cm³/mol. The van der Waals surface area contributed by atoms with Crippen LogP contribution in [0.1, 0.15) is 28.9 Å². The highest BCUT2D eigenvalue weighted by molar-refractivity contribution is 6.52. The Labute approximate surface area is 187 Å². The van der Waals surface area contributed by atoms with Crippen molar-refractivity contribution in [1.29, 1.82) is 0 Å². The van der Waals surface area contributed by atoms with Crippen LogP contribution in [0.2, 0.25) is 20.2 Å². The van der Waals surface area contributed by atoms with Crippen LogP contribution in [0.4, 0.5) is 0 Å². The van der Waals surface area contributed by atoms with Gasteiger partial charge < -0.3 is 15.4 Å². The number of amides is 2. The molecule has 0 unspecified atom stereocenters. The summed E-state index contributed by atoms with van der Waals surface area (Å²) in [5, 5.41) is 5.42. The molecule has 3 rings (SSSR count). The van der Waals surface area contributed by atoms with Gasteiger partial charge in [-0.25, -0.2) is 4.98 Å². The molecule has 29 heavy (non-hydrogen) atoms. The van der Waals surface area contributed by atoms with Gasteiger partial charge in [-0.3, -0.25) is 9.59 Å². The number of nitrogens with zero attached hydrogens (tertiary/aromatic N) is 1. The van der Waals surface area contributed by atoms with Crippen molar-refractivity contribution in [3.8, 4) is 5.75 Å². The summed E-state index contributed by atoms with van der Waals surface area (Å²) in [6, 6.07) is 7.59. The van der Waals surface area contributed by atoms with Crippen molar-refractivity contribution in [3.63, 3.8) is 0 Å². The van der Waals surface area contributed by atoms with Gasteiger partial charge in [-0.05, 0) is 37.0 Å². The van der Waals surface area contributed by atoms with Crippen molar-refractivity contribution in [2.24, 2.45) is 0 Å². The molecule has 2 aromatic rings. The maximum Gasteiger partial charge on any atom is 0.271 e. The standard InChI is InChI=1S/C19H17Cl4N3O3/c20-14-15(21)17(26-18(23)16(14)22)19(28)24-8-7-10-1-5-12(6-2-10)29-9-13(27)25-11-3-4-11/h1-2,5-6,11H,3-4,7-9H2,(H,24,28)(H,25,27). The van der Waals surface area contributed by atoms with Gasteiger partial charge >= 0.3 is 0 Å². The van der Waals surface area contributed by atoms with Gasteiger partial charge in [-0.2, -0.15) is 0 Å². The van der Waals surface area contributed by atoms with Gasteiger partial charge in [0.2, 0.25) is 0 Å². The van der Waals surface area contributed by atoms with E-state index in [2.05, 4.69) is 15.6 Å². The maximum absolute atomic E-state index is 12.3. The summed E-state index contributed by atoms with van der Waals surface area (Å²) in [5.41, 5.74) is 0.894. The molecule has 2 amide bonds. The SMILES string of the molecule is O=C(COc1ccc(CCNC(=O)c2nc(Cl)c(Cl)c(Cl)c2Cl)cc1)NC1CC1. The number of aromatic nitrogens is 1. The minimum atomic E-state index is -0.503. The van der Waals surface area contributed by atoms with Crippen LogP contribution in [-0.2, 0) is 11.2 Å². The van der Waals surface area contributed by atoms with Crippen LogP contribution in [-0.4, -0.2) is 36.0 Å². The second kappa shape index (κ2) is 9.85. The smallest absolute Gasteiger partial charge is 0.271 e. The summed E-state index contributed by atoms with van der Waals surface area (Å²) in [6.07, 6.45) is 2.65. The van der Waals surface area contributed by atoms with Gasteiger partial charge in [0.25, 0.3) is 11.8 Å². The van der Waals surface area contributed by atoms with Crippen molar-refractivity contribution < 1.29 is 14.3 Å². The normalized spacial score (nSPS) is 13.1. The number of rotatable bonds is 8. The molecule has 1 aliphatic carbocycles. The fraction of sp³-hybridized carbons (Fsp3) is 0.316. The lowest BCUT2D eigenvalue weighted by Gasteiger charge is -2.10. The monoisotopic (exact) mass is 475 g/mol. The Bertz CT molecular complexity index is 918. The Kier molecular flexibility index (Phi) is 7.46. The second-order valence-corrected chi connectivity index (χ2v) is 7.97. The number of hydrogen-bond acceptors (Lipinski definition) is 4. The zero-order valence-corrected chi connectivity index (χ0v) is 18.1. The van der Waals surface area contributed by atoms with Crippen molar-refractivity contribution in [1.82, 2.24) is 15.6 Å². The van der Waals surface area contributed by atoms with Crippen LogP contribution in [0.3, 0.4) is 0 Å². The molecule has 6 nitrogen and oxygen atoms in total. The molecule has 10 heteroatoms. The fourth-order valence-electron chi connectivity index (χ4n) is 2.44. The van der Waals surface area contributed by atoms with E-state index in [-0.39, 0.29) is 38.4 Å². The number of ether oxygens (including phenoxy) is 1. The number of benzene rings is 1. The summed E-state index contributed by atoms with van der Waals surface area (Å²) in [5.74, 6) is -0.0174. The topological polar surface area (TPSA) is 80.3 Å². The Hall–Kier alpha value is -1.73. The highest BCUT2D eigenvalue weighted by Crippen LogP contribution is 2.36. The summed E-state index contributed by atoms with van der Waals surface area (Å²) < 4.78 is 5.46. The molecule has 1 aliphatic rings. The van der Waals surface area contributed by atoms with Gasteiger partial charge in [-0.1, -0.05) is 58.5 Å². The Morgan fingerprint density at radius 1 is 1.03 bits per heavy atom. The summed E-state index contributed by atoms with van der Waals surface area (Å²) >= 11 is 23.7. The molecular formula is C19H17Cl4N3O3. The van der Waals surface area contributed by atoms with E-state index in [1.807, 2.05) is 12.1 Å². The van der Waals surface area contributed by atoms with Crippen LogP contribution in [0.25, 0.3) is 0 Å². The Morgan fingerprint density at radius 2 is 1.72 bits per heavy atom. The molecule has 0 spiro atoms. The lowest BCUT2D eigenvalue weighted by atomic mass is 10.1. The molecule has 0 radical (unpaired) electrons. The van der Waals surface area contributed by atoms with Crippen LogP contribution in [0.5, 0.6) is 5.75 Å². The number of pyridine rings is 1. The molecule has 1 aromatic carbocycles. The average Bonchev–Trinajstić information content (AvgIpc) is 3.52. The second-order valence-electron chi connectivity index (χ2n) is 6.47. The third-order valence-electron chi connectivity index (χ3n) is 4.13. The number of carbonyl (C=O) groups excluding carboxylic acids is 2. The molecule has 1 heterocycles. The quantitative estimate of drug-likeness (QED) is 0.556. The Morgan fingerprint density at radius 3 is 2.38 bits per heavy atom. The largest absolute Gasteiger partial charge is 0.484 e. The van der Waals surface area contributed by atoms with Crippen molar-refractivity contribution in [2.45, 2.75) is 25.3 Å². The van der Waals surface area contributed by atoms with Crippen molar-refractivity contribution in [2.75, 3.05) is 13.2 Å². The zero-order chi connectivity index (χ0) is 21.0. The van der Waals surface area contributed by atoms with Crippen LogP contribution in [0, 0.1) is 0 Å². The van der Waals surface area contributed by atoms with Crippen molar-refractivity contribution in [3.05, 3.63) is 55.7 Å².